The Morgan fingerprint density at radius 1 is 1.62 bits per heavy atom. The van der Waals surface area contributed by atoms with E-state index >= 15 is 0 Å². The first-order valence-corrected chi connectivity index (χ1v) is 7.47. The molecule has 0 aromatic heterocycles. The van der Waals surface area contributed by atoms with E-state index in [4.69, 9.17) is 16.3 Å². The standard InChI is InChI=1S/C15H21ClN2O3/c1-21-14(11-4-2-5-12(16)8-11)9-17-15(20)18-7-3-6-13(18)10-19/h2,4-5,8,13-14,19H,3,6-7,9-10H2,1H3,(H,17,20)/t13-,14-/m1/s1. The maximum atomic E-state index is 12.2. The van der Waals surface area contributed by atoms with Crippen molar-refractivity contribution in [1.29, 1.82) is 0 Å². The zero-order valence-corrected chi connectivity index (χ0v) is 12.8. The number of amides is 2. The van der Waals surface area contributed by atoms with Gasteiger partial charge < -0.3 is 20.1 Å². The molecule has 1 aliphatic heterocycles. The molecule has 0 bridgehead atoms. The lowest BCUT2D eigenvalue weighted by Gasteiger charge is -2.25. The lowest BCUT2D eigenvalue weighted by atomic mass is 10.1. The molecule has 1 saturated heterocycles. The maximum Gasteiger partial charge on any atom is 0.317 e. The lowest BCUT2D eigenvalue weighted by Crippen LogP contribution is -2.45. The van der Waals surface area contributed by atoms with Crippen molar-refractivity contribution >= 4 is 17.6 Å². The minimum Gasteiger partial charge on any atom is -0.394 e. The molecule has 1 heterocycles. The Bertz CT molecular complexity index is 484. The highest BCUT2D eigenvalue weighted by atomic mass is 35.5. The molecule has 2 rings (SSSR count). The SMILES string of the molecule is CO[C@H](CNC(=O)N1CCC[C@@H]1CO)c1cccc(Cl)c1. The number of methoxy groups -OCH3 is 1. The summed E-state index contributed by atoms with van der Waals surface area (Å²) in [5.41, 5.74) is 0.922. The van der Waals surface area contributed by atoms with E-state index in [0.29, 0.717) is 18.1 Å². The summed E-state index contributed by atoms with van der Waals surface area (Å²) in [5, 5.41) is 12.8. The third kappa shape index (κ3) is 4.09. The average molecular weight is 313 g/mol. The van der Waals surface area contributed by atoms with Crippen molar-refractivity contribution in [2.45, 2.75) is 25.0 Å². The second-order valence-corrected chi connectivity index (χ2v) is 5.57. The topological polar surface area (TPSA) is 61.8 Å². The molecule has 2 atom stereocenters. The van der Waals surface area contributed by atoms with Gasteiger partial charge in [-0.2, -0.15) is 0 Å². The van der Waals surface area contributed by atoms with Crippen LogP contribution in [-0.4, -0.2) is 48.9 Å². The molecule has 21 heavy (non-hydrogen) atoms. The van der Waals surface area contributed by atoms with Gasteiger partial charge in [0, 0.05) is 25.2 Å². The average Bonchev–Trinajstić information content (AvgIpc) is 2.96. The Morgan fingerprint density at radius 3 is 3.10 bits per heavy atom. The van der Waals surface area contributed by atoms with Crippen LogP contribution in [0.4, 0.5) is 4.79 Å². The summed E-state index contributed by atoms with van der Waals surface area (Å²) in [6, 6.07) is 7.17. The maximum absolute atomic E-state index is 12.2. The van der Waals surface area contributed by atoms with E-state index < -0.39 is 0 Å². The number of likely N-dealkylation sites (tertiary alicyclic amines) is 1. The molecule has 0 saturated carbocycles. The fraction of sp³-hybridized carbons (Fsp3) is 0.533. The van der Waals surface area contributed by atoms with Gasteiger partial charge >= 0.3 is 6.03 Å². The summed E-state index contributed by atoms with van der Waals surface area (Å²) >= 11 is 5.97. The Labute approximate surface area is 129 Å². The van der Waals surface area contributed by atoms with Gasteiger partial charge in [0.2, 0.25) is 0 Å². The van der Waals surface area contributed by atoms with Gasteiger partial charge in [0.1, 0.15) is 0 Å². The van der Waals surface area contributed by atoms with Gasteiger partial charge in [-0.3, -0.25) is 0 Å². The predicted octanol–water partition coefficient (Wildman–Crippen LogP) is 2.19. The van der Waals surface area contributed by atoms with Crippen LogP contribution in [-0.2, 0) is 4.74 Å². The molecule has 116 valence electrons. The van der Waals surface area contributed by atoms with E-state index in [9.17, 15) is 9.90 Å². The van der Waals surface area contributed by atoms with Crippen molar-refractivity contribution in [3.63, 3.8) is 0 Å². The van der Waals surface area contributed by atoms with E-state index in [-0.39, 0.29) is 24.8 Å². The number of aliphatic hydroxyl groups excluding tert-OH is 1. The van der Waals surface area contributed by atoms with Crippen LogP contribution in [0.5, 0.6) is 0 Å². The number of hydrogen-bond donors (Lipinski definition) is 2. The van der Waals surface area contributed by atoms with Crippen molar-refractivity contribution in [3.05, 3.63) is 34.9 Å². The number of nitrogens with zero attached hydrogens (tertiary/aromatic N) is 1. The monoisotopic (exact) mass is 312 g/mol. The van der Waals surface area contributed by atoms with E-state index in [0.717, 1.165) is 18.4 Å². The first-order chi connectivity index (χ1) is 10.2. The highest BCUT2D eigenvalue weighted by Crippen LogP contribution is 2.20. The van der Waals surface area contributed by atoms with E-state index in [1.54, 1.807) is 18.1 Å². The Morgan fingerprint density at radius 2 is 2.43 bits per heavy atom. The number of halogens is 1. The molecule has 1 aromatic carbocycles. The van der Waals surface area contributed by atoms with Crippen molar-refractivity contribution in [3.8, 4) is 0 Å². The van der Waals surface area contributed by atoms with Crippen LogP contribution in [0.15, 0.2) is 24.3 Å². The molecule has 0 spiro atoms. The Balaban J connectivity index is 1.92. The quantitative estimate of drug-likeness (QED) is 0.876. The molecule has 0 radical (unpaired) electrons. The molecule has 1 aliphatic rings. The van der Waals surface area contributed by atoms with E-state index in [1.807, 2.05) is 18.2 Å². The largest absolute Gasteiger partial charge is 0.394 e. The Hall–Kier alpha value is -1.30. The molecule has 6 heteroatoms. The van der Waals surface area contributed by atoms with Gasteiger partial charge in [0.25, 0.3) is 0 Å². The van der Waals surface area contributed by atoms with Crippen LogP contribution in [0.25, 0.3) is 0 Å². The van der Waals surface area contributed by atoms with Gasteiger partial charge in [-0.25, -0.2) is 4.79 Å². The smallest absolute Gasteiger partial charge is 0.317 e. The summed E-state index contributed by atoms with van der Waals surface area (Å²) in [5.74, 6) is 0. The number of nitrogens with one attached hydrogen (secondary N) is 1. The van der Waals surface area contributed by atoms with Crippen LogP contribution in [0.3, 0.4) is 0 Å². The van der Waals surface area contributed by atoms with Crippen LogP contribution in [0, 0.1) is 0 Å². The second kappa shape index (κ2) is 7.64. The second-order valence-electron chi connectivity index (χ2n) is 5.14. The van der Waals surface area contributed by atoms with Crippen LogP contribution in [0.1, 0.15) is 24.5 Å². The number of benzene rings is 1. The van der Waals surface area contributed by atoms with Crippen molar-refractivity contribution in [2.24, 2.45) is 0 Å². The van der Waals surface area contributed by atoms with Crippen molar-refractivity contribution in [2.75, 3.05) is 26.8 Å². The molecule has 1 fully saturated rings. The molecule has 5 nitrogen and oxygen atoms in total. The normalized spacial score (nSPS) is 19.6. The van der Waals surface area contributed by atoms with Gasteiger partial charge in [-0.1, -0.05) is 23.7 Å². The van der Waals surface area contributed by atoms with Gasteiger partial charge in [-0.15, -0.1) is 0 Å². The Kier molecular flexibility index (Phi) is 5.85. The summed E-state index contributed by atoms with van der Waals surface area (Å²) in [4.78, 5) is 13.8. The molecular formula is C15H21ClN2O3. The number of rotatable bonds is 5. The summed E-state index contributed by atoms with van der Waals surface area (Å²) in [6.07, 6.45) is 1.54. The summed E-state index contributed by atoms with van der Waals surface area (Å²) < 4.78 is 5.42. The molecule has 2 N–H and O–H groups in total. The summed E-state index contributed by atoms with van der Waals surface area (Å²) in [7, 11) is 1.60. The van der Waals surface area contributed by atoms with Gasteiger partial charge in [0.15, 0.2) is 0 Å². The number of urea groups is 1. The molecular weight excluding hydrogens is 292 g/mol. The number of carbonyl (C=O) groups excluding carboxylic acids is 1. The van der Waals surface area contributed by atoms with Gasteiger partial charge in [0.05, 0.1) is 18.8 Å². The van der Waals surface area contributed by atoms with Crippen LogP contribution >= 0.6 is 11.6 Å². The van der Waals surface area contributed by atoms with Gasteiger partial charge in [-0.05, 0) is 30.5 Å². The van der Waals surface area contributed by atoms with Crippen LogP contribution in [0.2, 0.25) is 5.02 Å². The van der Waals surface area contributed by atoms with E-state index in [1.165, 1.54) is 0 Å². The summed E-state index contributed by atoms with van der Waals surface area (Å²) in [6.45, 7) is 1.06. The van der Waals surface area contributed by atoms with Crippen molar-refractivity contribution < 1.29 is 14.6 Å². The van der Waals surface area contributed by atoms with E-state index in [2.05, 4.69) is 5.32 Å². The highest BCUT2D eigenvalue weighted by Gasteiger charge is 2.28. The van der Waals surface area contributed by atoms with Crippen LogP contribution < -0.4 is 5.32 Å². The zero-order chi connectivity index (χ0) is 15.2. The number of ether oxygens (including phenoxy) is 1. The minimum atomic E-state index is -0.247. The molecule has 0 aliphatic carbocycles. The molecule has 1 aromatic rings. The first kappa shape index (κ1) is 16.1. The highest BCUT2D eigenvalue weighted by molar-refractivity contribution is 6.30. The third-order valence-corrected chi connectivity index (χ3v) is 4.03. The fourth-order valence-electron chi connectivity index (χ4n) is 2.62. The number of aliphatic hydroxyl groups is 1. The third-order valence-electron chi connectivity index (χ3n) is 3.79. The first-order valence-electron chi connectivity index (χ1n) is 7.09. The number of hydrogen-bond acceptors (Lipinski definition) is 3. The zero-order valence-electron chi connectivity index (χ0n) is 12.1. The fourth-order valence-corrected chi connectivity index (χ4v) is 2.82. The molecule has 0 unspecified atom stereocenters. The van der Waals surface area contributed by atoms with Crippen molar-refractivity contribution in [1.82, 2.24) is 10.2 Å². The lowest BCUT2D eigenvalue weighted by molar-refractivity contribution is 0.0993. The number of carbonyl (C=O) groups is 1. The minimum absolute atomic E-state index is 0.00934. The molecule has 2 amide bonds. The predicted molar refractivity (Wildman–Crippen MR) is 81.4 cm³/mol.